The largest absolute Gasteiger partial charge is 0.493 e. The number of aromatic nitrogens is 2. The number of nitrogens with zero attached hydrogens (tertiary/aromatic N) is 2. The molecule has 0 atom stereocenters. The van der Waals surface area contributed by atoms with E-state index in [2.05, 4.69) is 12.0 Å². The molecule has 1 aromatic rings. The minimum Gasteiger partial charge on any atom is -0.493 e. The van der Waals surface area contributed by atoms with Crippen molar-refractivity contribution in [3.8, 4) is 5.75 Å². The molecule has 1 rings (SSSR count). The molecule has 0 aliphatic carbocycles. The first kappa shape index (κ1) is 17.7. The molecule has 0 saturated carbocycles. The zero-order valence-electron chi connectivity index (χ0n) is 13.9. The molecule has 1 aromatic heterocycles. The zero-order valence-corrected chi connectivity index (χ0v) is 13.9. The molecule has 1 heterocycles. The summed E-state index contributed by atoms with van der Waals surface area (Å²) in [6.07, 6.45) is 13.6. The maximum absolute atomic E-state index is 12.2. The van der Waals surface area contributed by atoms with Gasteiger partial charge in [0.1, 0.15) is 5.69 Å². The van der Waals surface area contributed by atoms with Crippen LogP contribution in [-0.4, -0.2) is 22.7 Å². The summed E-state index contributed by atoms with van der Waals surface area (Å²) in [5.41, 5.74) is 0.595. The predicted molar refractivity (Wildman–Crippen MR) is 85.9 cm³/mol. The van der Waals surface area contributed by atoms with Crippen molar-refractivity contribution < 1.29 is 9.53 Å². The Kier molecular flexibility index (Phi) is 8.79. The third-order valence-corrected chi connectivity index (χ3v) is 3.90. The maximum Gasteiger partial charge on any atom is 0.184 e. The molecule has 0 aliphatic rings. The van der Waals surface area contributed by atoms with Crippen molar-refractivity contribution in [3.05, 3.63) is 11.9 Å². The monoisotopic (exact) mass is 294 g/mol. The molecule has 0 spiro atoms. The van der Waals surface area contributed by atoms with Crippen LogP contribution in [0.2, 0.25) is 0 Å². The molecule has 0 unspecified atom stereocenters. The Bertz CT molecular complexity index is 413. The predicted octanol–water partition coefficient (Wildman–Crippen LogP) is 4.53. The van der Waals surface area contributed by atoms with E-state index < -0.39 is 0 Å². The second-order valence-electron chi connectivity index (χ2n) is 5.69. The zero-order chi connectivity index (χ0) is 15.5. The van der Waals surface area contributed by atoms with E-state index in [1.165, 1.54) is 44.9 Å². The number of ether oxygens (including phenoxy) is 1. The van der Waals surface area contributed by atoms with Crippen molar-refractivity contribution in [2.75, 3.05) is 7.11 Å². The second kappa shape index (κ2) is 10.4. The number of carbonyl (C=O) groups is 1. The van der Waals surface area contributed by atoms with Gasteiger partial charge >= 0.3 is 0 Å². The Morgan fingerprint density at radius 1 is 1.10 bits per heavy atom. The van der Waals surface area contributed by atoms with Crippen LogP contribution in [0.4, 0.5) is 0 Å². The molecule has 120 valence electrons. The van der Waals surface area contributed by atoms with E-state index in [9.17, 15) is 4.79 Å². The van der Waals surface area contributed by atoms with Crippen LogP contribution in [0.25, 0.3) is 0 Å². The van der Waals surface area contributed by atoms with Crippen molar-refractivity contribution in [1.29, 1.82) is 0 Å². The van der Waals surface area contributed by atoms with E-state index in [-0.39, 0.29) is 5.78 Å². The summed E-state index contributed by atoms with van der Waals surface area (Å²) in [6, 6.07) is 0. The number of carbonyl (C=O) groups excluding carboxylic acids is 1. The second-order valence-corrected chi connectivity index (χ2v) is 5.69. The van der Waals surface area contributed by atoms with Crippen LogP contribution in [0.5, 0.6) is 5.75 Å². The number of methoxy groups -OCH3 is 1. The van der Waals surface area contributed by atoms with Gasteiger partial charge in [-0.15, -0.1) is 0 Å². The fraction of sp³-hybridized carbons (Fsp3) is 0.765. The highest BCUT2D eigenvalue weighted by Gasteiger charge is 2.16. The number of hydrogen-bond donors (Lipinski definition) is 0. The van der Waals surface area contributed by atoms with Crippen LogP contribution in [0.3, 0.4) is 0 Å². The normalized spacial score (nSPS) is 10.8. The van der Waals surface area contributed by atoms with E-state index >= 15 is 0 Å². The van der Waals surface area contributed by atoms with E-state index in [1.807, 2.05) is 0 Å². The van der Waals surface area contributed by atoms with Crippen molar-refractivity contribution in [2.24, 2.45) is 7.05 Å². The smallest absolute Gasteiger partial charge is 0.184 e. The number of ketones is 1. The Balaban J connectivity index is 2.12. The van der Waals surface area contributed by atoms with Crippen molar-refractivity contribution in [3.63, 3.8) is 0 Å². The number of Topliss-reactive ketones (excluding diaryl/α,β-unsaturated/α-hetero) is 1. The molecule has 21 heavy (non-hydrogen) atoms. The quantitative estimate of drug-likeness (QED) is 0.420. The van der Waals surface area contributed by atoms with Gasteiger partial charge in [-0.3, -0.25) is 9.48 Å². The summed E-state index contributed by atoms with van der Waals surface area (Å²) >= 11 is 0. The van der Waals surface area contributed by atoms with Crippen LogP contribution in [-0.2, 0) is 7.05 Å². The van der Waals surface area contributed by atoms with Crippen LogP contribution in [0, 0.1) is 0 Å². The maximum atomic E-state index is 12.2. The molecule has 0 saturated heterocycles. The summed E-state index contributed by atoms with van der Waals surface area (Å²) in [6.45, 7) is 2.24. The third-order valence-electron chi connectivity index (χ3n) is 3.90. The lowest BCUT2D eigenvalue weighted by atomic mass is 10.0. The van der Waals surface area contributed by atoms with Crippen LogP contribution in [0.1, 0.15) is 81.6 Å². The van der Waals surface area contributed by atoms with E-state index in [4.69, 9.17) is 4.74 Å². The van der Waals surface area contributed by atoms with Gasteiger partial charge in [-0.2, -0.15) is 5.10 Å². The Morgan fingerprint density at radius 2 is 1.67 bits per heavy atom. The number of unbranched alkanes of at least 4 members (excludes halogenated alkanes) is 8. The molecule has 4 nitrogen and oxygen atoms in total. The molecule has 0 bridgehead atoms. The van der Waals surface area contributed by atoms with Gasteiger partial charge in [0.25, 0.3) is 0 Å². The number of aryl methyl sites for hydroxylation is 1. The highest BCUT2D eigenvalue weighted by molar-refractivity contribution is 5.96. The Labute approximate surface area is 128 Å². The molecule has 0 N–H and O–H groups in total. The molecule has 0 amide bonds. The Hall–Kier alpha value is -1.32. The first-order valence-electron chi connectivity index (χ1n) is 8.29. The fourth-order valence-electron chi connectivity index (χ4n) is 2.60. The minimum absolute atomic E-state index is 0.134. The van der Waals surface area contributed by atoms with E-state index in [0.29, 0.717) is 17.9 Å². The van der Waals surface area contributed by atoms with Crippen molar-refractivity contribution in [2.45, 2.75) is 71.1 Å². The van der Waals surface area contributed by atoms with Gasteiger partial charge in [-0.05, 0) is 6.42 Å². The van der Waals surface area contributed by atoms with E-state index in [0.717, 1.165) is 12.8 Å². The standard InChI is InChI=1S/C17H30N2O2/c1-4-5-6-7-8-9-10-11-12-13-15(20)17-16(21-3)14-18-19(17)2/h14H,4-13H2,1-3H3. The van der Waals surface area contributed by atoms with Gasteiger partial charge in [-0.25, -0.2) is 0 Å². The summed E-state index contributed by atoms with van der Waals surface area (Å²) in [7, 11) is 3.36. The first-order chi connectivity index (χ1) is 10.2. The minimum atomic E-state index is 0.134. The summed E-state index contributed by atoms with van der Waals surface area (Å²) < 4.78 is 6.78. The summed E-state index contributed by atoms with van der Waals surface area (Å²) in [5, 5.41) is 4.07. The topological polar surface area (TPSA) is 44.1 Å². The van der Waals surface area contributed by atoms with Crippen LogP contribution < -0.4 is 4.74 Å². The van der Waals surface area contributed by atoms with Gasteiger partial charge in [0.15, 0.2) is 11.5 Å². The van der Waals surface area contributed by atoms with Gasteiger partial charge in [-0.1, -0.05) is 58.3 Å². The van der Waals surface area contributed by atoms with E-state index in [1.54, 1.807) is 25.0 Å². The number of hydrogen-bond acceptors (Lipinski definition) is 3. The molecule has 4 heteroatoms. The van der Waals surface area contributed by atoms with Gasteiger partial charge in [0.2, 0.25) is 0 Å². The van der Waals surface area contributed by atoms with Crippen LogP contribution >= 0.6 is 0 Å². The third kappa shape index (κ3) is 6.32. The fourth-order valence-corrected chi connectivity index (χ4v) is 2.60. The molecule has 0 fully saturated rings. The average Bonchev–Trinajstić information content (AvgIpc) is 2.86. The molecular weight excluding hydrogens is 264 g/mol. The average molecular weight is 294 g/mol. The van der Waals surface area contributed by atoms with Crippen LogP contribution in [0.15, 0.2) is 6.20 Å². The molecule has 0 aliphatic heterocycles. The van der Waals surface area contributed by atoms with Gasteiger partial charge in [0, 0.05) is 13.5 Å². The molecule has 0 radical (unpaired) electrons. The van der Waals surface area contributed by atoms with Gasteiger partial charge in [0.05, 0.1) is 13.3 Å². The summed E-state index contributed by atoms with van der Waals surface area (Å²) in [4.78, 5) is 12.2. The lowest BCUT2D eigenvalue weighted by Crippen LogP contribution is -2.08. The molecular formula is C17H30N2O2. The van der Waals surface area contributed by atoms with Crippen molar-refractivity contribution >= 4 is 5.78 Å². The molecule has 0 aromatic carbocycles. The van der Waals surface area contributed by atoms with Crippen molar-refractivity contribution in [1.82, 2.24) is 9.78 Å². The highest BCUT2D eigenvalue weighted by Crippen LogP contribution is 2.19. The lowest BCUT2D eigenvalue weighted by Gasteiger charge is -2.05. The number of rotatable bonds is 12. The first-order valence-corrected chi connectivity index (χ1v) is 8.29. The summed E-state index contributed by atoms with van der Waals surface area (Å²) in [5.74, 6) is 0.716. The lowest BCUT2D eigenvalue weighted by molar-refractivity contribution is 0.0967. The Morgan fingerprint density at radius 3 is 2.24 bits per heavy atom. The highest BCUT2D eigenvalue weighted by atomic mass is 16.5. The van der Waals surface area contributed by atoms with Gasteiger partial charge < -0.3 is 4.74 Å². The SMILES string of the molecule is CCCCCCCCCCCC(=O)c1c(OC)cnn1C.